The summed E-state index contributed by atoms with van der Waals surface area (Å²) in [6.07, 6.45) is 0. The molecule has 0 atom stereocenters. The summed E-state index contributed by atoms with van der Waals surface area (Å²) in [6, 6.07) is 29.2. The van der Waals surface area contributed by atoms with Crippen LogP contribution in [0.15, 0.2) is 78.9 Å². The molecule has 0 spiro atoms. The molecule has 0 N–H and O–H groups in total. The molecule has 0 bridgehead atoms. The van der Waals surface area contributed by atoms with Gasteiger partial charge in [0.1, 0.15) is 0 Å². The Morgan fingerprint density at radius 2 is 1.08 bits per heavy atom. The molecule has 0 unspecified atom stereocenters. The van der Waals surface area contributed by atoms with E-state index in [9.17, 15) is 0 Å². The molecule has 0 aliphatic heterocycles. The maximum absolute atomic E-state index is 5.07. The van der Waals surface area contributed by atoms with Crippen molar-refractivity contribution >= 4 is 45.7 Å². The zero-order chi connectivity index (χ0) is 26.6. The van der Waals surface area contributed by atoms with Crippen molar-refractivity contribution in [1.82, 2.24) is 10.2 Å². The Hall–Kier alpha value is -3.26. The summed E-state index contributed by atoms with van der Waals surface area (Å²) in [5, 5.41) is 16.3. The van der Waals surface area contributed by atoms with Crippen LogP contribution in [0.25, 0.3) is 52.6 Å². The fourth-order valence-corrected chi connectivity index (χ4v) is 7.76. The molecule has 2 heterocycles. The number of nitrogens with zero attached hydrogens (tertiary/aromatic N) is 2. The van der Waals surface area contributed by atoms with Crippen LogP contribution in [-0.2, 0) is 0 Å². The first kappa shape index (κ1) is 25.0. The average molecular weight is 562 g/mol. The molecular formula is C35H34N2Se. The van der Waals surface area contributed by atoms with E-state index in [1.165, 1.54) is 57.9 Å². The summed E-state index contributed by atoms with van der Waals surface area (Å²) < 4.78 is 2.73. The van der Waals surface area contributed by atoms with Crippen molar-refractivity contribution in [1.29, 1.82) is 0 Å². The second kappa shape index (κ2) is 9.80. The van der Waals surface area contributed by atoms with Crippen molar-refractivity contribution in [3.63, 3.8) is 0 Å². The van der Waals surface area contributed by atoms with Gasteiger partial charge in [0.2, 0.25) is 0 Å². The van der Waals surface area contributed by atoms with E-state index in [1.54, 1.807) is 0 Å². The number of fused-ring (bicyclic) bond motifs is 3. The van der Waals surface area contributed by atoms with Crippen molar-refractivity contribution < 1.29 is 0 Å². The quantitative estimate of drug-likeness (QED) is 0.155. The molecule has 3 heteroatoms. The van der Waals surface area contributed by atoms with E-state index in [1.807, 2.05) is 0 Å². The molecular weight excluding hydrogens is 527 g/mol. The number of benzene rings is 4. The van der Waals surface area contributed by atoms with Crippen LogP contribution in [0.1, 0.15) is 76.0 Å². The Morgan fingerprint density at radius 1 is 0.553 bits per heavy atom. The Balaban J connectivity index is 1.72. The summed E-state index contributed by atoms with van der Waals surface area (Å²) in [5.41, 5.74) is 7.45. The van der Waals surface area contributed by atoms with Gasteiger partial charge in [0.05, 0.1) is 0 Å². The van der Waals surface area contributed by atoms with Gasteiger partial charge in [0.15, 0.2) is 0 Å². The van der Waals surface area contributed by atoms with Crippen molar-refractivity contribution in [2.24, 2.45) is 0 Å². The van der Waals surface area contributed by atoms with E-state index < -0.39 is 0 Å². The van der Waals surface area contributed by atoms with E-state index in [0.717, 1.165) is 11.4 Å². The van der Waals surface area contributed by atoms with Gasteiger partial charge in [0, 0.05) is 0 Å². The fourth-order valence-electron chi connectivity index (χ4n) is 5.53. The van der Waals surface area contributed by atoms with Crippen LogP contribution in [0, 0.1) is 0 Å². The molecule has 2 aromatic heterocycles. The van der Waals surface area contributed by atoms with Crippen molar-refractivity contribution in [3.05, 3.63) is 95.6 Å². The Morgan fingerprint density at radius 3 is 1.63 bits per heavy atom. The molecule has 0 radical (unpaired) electrons. The van der Waals surface area contributed by atoms with Crippen LogP contribution in [0.2, 0.25) is 0 Å². The van der Waals surface area contributed by atoms with Crippen molar-refractivity contribution in [3.8, 4) is 21.4 Å². The van der Waals surface area contributed by atoms with Gasteiger partial charge in [-0.15, -0.1) is 0 Å². The molecule has 0 amide bonds. The molecule has 0 saturated heterocycles. The van der Waals surface area contributed by atoms with E-state index in [0.29, 0.717) is 17.8 Å². The van der Waals surface area contributed by atoms with E-state index in [-0.39, 0.29) is 14.5 Å². The first-order valence-electron chi connectivity index (χ1n) is 13.7. The SMILES string of the molecule is CC(C)c1cc(C(C)C)c(-c2nnc(-c3cc4ccccc4[se]3)c3cc4ccccc4cc23)c(C(C)C)c1. The minimum absolute atomic E-state index is 0.219. The van der Waals surface area contributed by atoms with Crippen LogP contribution in [0.4, 0.5) is 0 Å². The number of aromatic nitrogens is 2. The second-order valence-electron chi connectivity index (χ2n) is 11.3. The molecule has 2 nitrogen and oxygen atoms in total. The van der Waals surface area contributed by atoms with Gasteiger partial charge in [-0.3, -0.25) is 0 Å². The van der Waals surface area contributed by atoms with Crippen LogP contribution in [0.3, 0.4) is 0 Å². The summed E-state index contributed by atoms with van der Waals surface area (Å²) in [6.45, 7) is 13.8. The maximum atomic E-state index is 5.07. The fraction of sp³-hybridized carbons (Fsp3) is 0.257. The third-order valence-corrected chi connectivity index (χ3v) is 10.0. The van der Waals surface area contributed by atoms with Gasteiger partial charge < -0.3 is 0 Å². The zero-order valence-electron chi connectivity index (χ0n) is 23.0. The summed E-state index contributed by atoms with van der Waals surface area (Å²) in [4.78, 5) is 0. The number of hydrogen-bond donors (Lipinski definition) is 0. The minimum atomic E-state index is 0.219. The molecule has 0 fully saturated rings. The summed E-state index contributed by atoms with van der Waals surface area (Å²) >= 11 is 0.219. The van der Waals surface area contributed by atoms with E-state index in [4.69, 9.17) is 10.2 Å². The Kier molecular flexibility index (Phi) is 6.46. The molecule has 0 aliphatic rings. The van der Waals surface area contributed by atoms with Gasteiger partial charge >= 0.3 is 232 Å². The Bertz CT molecular complexity index is 1740. The molecule has 4 aromatic carbocycles. The topological polar surface area (TPSA) is 25.8 Å². The van der Waals surface area contributed by atoms with Gasteiger partial charge in [-0.25, -0.2) is 0 Å². The molecule has 190 valence electrons. The van der Waals surface area contributed by atoms with Crippen LogP contribution >= 0.6 is 0 Å². The van der Waals surface area contributed by atoms with Gasteiger partial charge in [0.25, 0.3) is 0 Å². The standard InChI is InChI=1S/C35H34N2Se/c1-20(2)26-17-27(21(3)4)33(28(18-26)22(5)6)35-30-16-24-12-8-7-11-23(24)15-29(30)34(36-37-35)32-19-25-13-9-10-14-31(25)38-32/h7-22H,1-6H3. The van der Waals surface area contributed by atoms with Crippen LogP contribution in [-0.4, -0.2) is 24.7 Å². The monoisotopic (exact) mass is 562 g/mol. The molecule has 38 heavy (non-hydrogen) atoms. The van der Waals surface area contributed by atoms with E-state index >= 15 is 0 Å². The average Bonchev–Trinajstić information content (AvgIpc) is 3.34. The normalized spacial score (nSPS) is 12.1. The predicted octanol–water partition coefficient (Wildman–Crippen LogP) is 9.70. The Labute approximate surface area is 231 Å². The zero-order valence-corrected chi connectivity index (χ0v) is 24.8. The van der Waals surface area contributed by atoms with Crippen LogP contribution in [0.5, 0.6) is 0 Å². The third-order valence-electron chi connectivity index (χ3n) is 7.67. The van der Waals surface area contributed by atoms with Crippen molar-refractivity contribution in [2.45, 2.75) is 59.3 Å². The first-order valence-corrected chi connectivity index (χ1v) is 15.4. The third kappa shape index (κ3) is 4.28. The molecule has 6 aromatic rings. The summed E-state index contributed by atoms with van der Waals surface area (Å²) in [5.74, 6) is 1.24. The summed E-state index contributed by atoms with van der Waals surface area (Å²) in [7, 11) is 0. The predicted molar refractivity (Wildman–Crippen MR) is 165 cm³/mol. The van der Waals surface area contributed by atoms with Crippen LogP contribution < -0.4 is 0 Å². The first-order chi connectivity index (χ1) is 18.3. The van der Waals surface area contributed by atoms with Gasteiger partial charge in [-0.1, -0.05) is 0 Å². The van der Waals surface area contributed by atoms with Gasteiger partial charge in [-0.2, -0.15) is 0 Å². The second-order valence-corrected chi connectivity index (χ2v) is 13.6. The van der Waals surface area contributed by atoms with E-state index in [2.05, 4.69) is 120 Å². The number of hydrogen-bond acceptors (Lipinski definition) is 2. The van der Waals surface area contributed by atoms with Crippen molar-refractivity contribution in [2.75, 3.05) is 0 Å². The molecule has 0 saturated carbocycles. The molecule has 6 rings (SSSR count). The van der Waals surface area contributed by atoms with Gasteiger partial charge in [-0.05, 0) is 0 Å². The number of rotatable bonds is 5. The molecule has 0 aliphatic carbocycles.